The molecule has 0 aromatic heterocycles. The molecular weight excluding hydrogens is 284 g/mol. The summed E-state index contributed by atoms with van der Waals surface area (Å²) < 4.78 is 0. The number of hydrogen-bond donors (Lipinski definition) is 3. The fourth-order valence-corrected chi connectivity index (χ4v) is 1.71. The Hall–Kier alpha value is -3.12. The van der Waals surface area contributed by atoms with Crippen LogP contribution in [0.25, 0.3) is 6.08 Å². The van der Waals surface area contributed by atoms with Gasteiger partial charge in [-0.2, -0.15) is 0 Å². The number of carbonyl (C=O) groups is 2. The van der Waals surface area contributed by atoms with E-state index in [0.717, 1.165) is 6.08 Å². The number of phenolic OH excluding ortho intramolecular Hbond substituents is 2. The molecule has 6 heteroatoms. The zero-order valence-corrected chi connectivity index (χ0v) is 11.5. The summed E-state index contributed by atoms with van der Waals surface area (Å²) >= 11 is 0. The number of nitrogens with two attached hydrogens (primary N) is 1. The molecule has 0 aliphatic carbocycles. The highest BCUT2D eigenvalue weighted by molar-refractivity contribution is 6.08. The Balaban J connectivity index is 2.09. The molecule has 112 valence electrons. The van der Waals surface area contributed by atoms with E-state index >= 15 is 0 Å². The summed E-state index contributed by atoms with van der Waals surface area (Å²) in [7, 11) is 0. The van der Waals surface area contributed by atoms with E-state index in [-0.39, 0.29) is 11.5 Å². The first-order valence-electron chi connectivity index (χ1n) is 6.37. The van der Waals surface area contributed by atoms with Gasteiger partial charge in [-0.15, -0.1) is 0 Å². The lowest BCUT2D eigenvalue weighted by molar-refractivity contribution is -0.123. The maximum absolute atomic E-state index is 12.0. The summed E-state index contributed by atoms with van der Waals surface area (Å²) in [6.45, 7) is 0. The van der Waals surface area contributed by atoms with Gasteiger partial charge in [0, 0.05) is 11.6 Å². The predicted octanol–water partition coefficient (Wildman–Crippen LogP) is 1.65. The fourth-order valence-electron chi connectivity index (χ4n) is 1.71. The molecule has 0 unspecified atom stereocenters. The number of phenols is 2. The molecule has 0 aliphatic rings. The lowest BCUT2D eigenvalue weighted by Gasteiger charge is -2.12. The van der Waals surface area contributed by atoms with E-state index in [9.17, 15) is 19.8 Å². The van der Waals surface area contributed by atoms with Gasteiger partial charge in [-0.1, -0.05) is 24.3 Å². The van der Waals surface area contributed by atoms with Gasteiger partial charge in [0.15, 0.2) is 11.5 Å². The normalized spacial score (nSPS) is 10.6. The molecule has 22 heavy (non-hydrogen) atoms. The maximum atomic E-state index is 12.0. The molecule has 6 nitrogen and oxygen atoms in total. The molecule has 0 fully saturated rings. The number of carbonyl (C=O) groups excluding carboxylic acids is 2. The van der Waals surface area contributed by atoms with Crippen LogP contribution in [0.1, 0.15) is 15.9 Å². The number of hydrogen-bond acceptors (Lipinski definition) is 5. The van der Waals surface area contributed by atoms with E-state index in [1.54, 1.807) is 30.3 Å². The van der Waals surface area contributed by atoms with Crippen molar-refractivity contribution in [2.45, 2.75) is 0 Å². The smallest absolute Gasteiger partial charge is 0.275 e. The van der Waals surface area contributed by atoms with Gasteiger partial charge in [0.25, 0.3) is 11.8 Å². The third-order valence-corrected chi connectivity index (χ3v) is 2.89. The monoisotopic (exact) mass is 298 g/mol. The van der Waals surface area contributed by atoms with Crippen molar-refractivity contribution in [1.29, 1.82) is 0 Å². The molecular formula is C16H14N2O4. The molecule has 2 amide bonds. The molecule has 4 N–H and O–H groups in total. The average Bonchev–Trinajstić information content (AvgIpc) is 2.55. The van der Waals surface area contributed by atoms with Crippen LogP contribution < -0.4 is 5.84 Å². The van der Waals surface area contributed by atoms with Crippen LogP contribution in [0.5, 0.6) is 11.5 Å². The van der Waals surface area contributed by atoms with Gasteiger partial charge in [-0.05, 0) is 35.9 Å². The Morgan fingerprint density at radius 2 is 1.68 bits per heavy atom. The minimum absolute atomic E-state index is 0.261. The molecule has 2 aromatic carbocycles. The quantitative estimate of drug-likeness (QED) is 0.263. The minimum Gasteiger partial charge on any atom is -0.504 e. The van der Waals surface area contributed by atoms with Crippen LogP contribution in [0.2, 0.25) is 0 Å². The second-order valence-corrected chi connectivity index (χ2v) is 4.46. The van der Waals surface area contributed by atoms with Crippen LogP contribution in [0.4, 0.5) is 0 Å². The first-order chi connectivity index (χ1) is 10.5. The second-order valence-electron chi connectivity index (χ2n) is 4.46. The number of imide groups is 1. The maximum Gasteiger partial charge on any atom is 0.275 e. The van der Waals surface area contributed by atoms with E-state index in [1.807, 2.05) is 0 Å². The molecule has 0 heterocycles. The lowest BCUT2D eigenvalue weighted by atomic mass is 10.2. The van der Waals surface area contributed by atoms with Gasteiger partial charge in [0.05, 0.1) is 0 Å². The first kappa shape index (κ1) is 15.3. The number of benzene rings is 2. The zero-order chi connectivity index (χ0) is 16.1. The Morgan fingerprint density at radius 1 is 1.00 bits per heavy atom. The Bertz CT molecular complexity index is 726. The Labute approximate surface area is 126 Å². The molecule has 0 saturated heterocycles. The van der Waals surface area contributed by atoms with Crippen molar-refractivity contribution in [3.05, 3.63) is 65.7 Å². The van der Waals surface area contributed by atoms with E-state index in [2.05, 4.69) is 0 Å². The Morgan fingerprint density at radius 3 is 2.32 bits per heavy atom. The molecule has 2 aromatic rings. The third-order valence-electron chi connectivity index (χ3n) is 2.89. The van der Waals surface area contributed by atoms with E-state index in [1.165, 1.54) is 24.3 Å². The van der Waals surface area contributed by atoms with Gasteiger partial charge >= 0.3 is 0 Å². The molecule has 0 bridgehead atoms. The molecule has 0 radical (unpaired) electrons. The summed E-state index contributed by atoms with van der Waals surface area (Å²) in [6, 6.07) is 12.2. The van der Waals surface area contributed by atoms with Crippen molar-refractivity contribution in [3.8, 4) is 11.5 Å². The summed E-state index contributed by atoms with van der Waals surface area (Å²) in [4.78, 5) is 23.8. The molecule has 0 saturated carbocycles. The number of nitrogens with zero attached hydrogens (tertiary/aromatic N) is 1. The number of aromatic hydroxyl groups is 2. The van der Waals surface area contributed by atoms with Gasteiger partial charge in [-0.3, -0.25) is 9.59 Å². The van der Waals surface area contributed by atoms with Crippen molar-refractivity contribution in [2.75, 3.05) is 0 Å². The summed E-state index contributed by atoms with van der Waals surface area (Å²) in [5.74, 6) is 3.61. The highest BCUT2D eigenvalue weighted by atomic mass is 16.3. The van der Waals surface area contributed by atoms with Crippen LogP contribution in [0, 0.1) is 0 Å². The summed E-state index contributed by atoms with van der Waals surface area (Å²) in [5, 5.41) is 19.1. The van der Waals surface area contributed by atoms with Gasteiger partial charge in [0.2, 0.25) is 0 Å². The molecule has 2 rings (SSSR count). The molecule has 0 spiro atoms. The topological polar surface area (TPSA) is 104 Å². The third kappa shape index (κ3) is 3.50. The number of rotatable bonds is 3. The standard InChI is InChI=1S/C16H14N2O4/c17-18(16(22)12-4-2-1-3-5-12)15(21)9-7-11-6-8-13(19)14(20)10-11/h1-10,19-20H,17H2/b9-7+. The average molecular weight is 298 g/mol. The van der Waals surface area contributed by atoms with Gasteiger partial charge in [0.1, 0.15) is 0 Å². The zero-order valence-electron chi connectivity index (χ0n) is 11.5. The van der Waals surface area contributed by atoms with Crippen LogP contribution >= 0.6 is 0 Å². The van der Waals surface area contributed by atoms with Crippen LogP contribution in [-0.4, -0.2) is 27.0 Å². The number of hydrazine groups is 1. The number of amides is 2. The van der Waals surface area contributed by atoms with E-state index in [0.29, 0.717) is 16.1 Å². The van der Waals surface area contributed by atoms with Crippen molar-refractivity contribution in [1.82, 2.24) is 5.01 Å². The van der Waals surface area contributed by atoms with Gasteiger partial charge < -0.3 is 10.2 Å². The first-order valence-corrected chi connectivity index (χ1v) is 6.37. The SMILES string of the molecule is NN(C(=O)/C=C/c1ccc(O)c(O)c1)C(=O)c1ccccc1. The van der Waals surface area contributed by atoms with Crippen molar-refractivity contribution in [2.24, 2.45) is 5.84 Å². The van der Waals surface area contributed by atoms with Crippen molar-refractivity contribution >= 4 is 17.9 Å². The summed E-state index contributed by atoms with van der Waals surface area (Å²) in [5.41, 5.74) is 0.776. The lowest BCUT2D eigenvalue weighted by Crippen LogP contribution is -2.41. The second kappa shape index (κ2) is 6.55. The van der Waals surface area contributed by atoms with Crippen LogP contribution in [-0.2, 0) is 4.79 Å². The summed E-state index contributed by atoms with van der Waals surface area (Å²) in [6.07, 6.45) is 2.48. The van der Waals surface area contributed by atoms with E-state index in [4.69, 9.17) is 5.84 Å². The minimum atomic E-state index is -0.707. The van der Waals surface area contributed by atoms with Crippen LogP contribution in [0.3, 0.4) is 0 Å². The van der Waals surface area contributed by atoms with Crippen molar-refractivity contribution in [3.63, 3.8) is 0 Å². The van der Waals surface area contributed by atoms with E-state index < -0.39 is 11.8 Å². The molecule has 0 atom stereocenters. The highest BCUT2D eigenvalue weighted by Gasteiger charge is 2.16. The Kier molecular flexibility index (Phi) is 4.55. The highest BCUT2D eigenvalue weighted by Crippen LogP contribution is 2.25. The van der Waals surface area contributed by atoms with Crippen LogP contribution in [0.15, 0.2) is 54.6 Å². The predicted molar refractivity (Wildman–Crippen MR) is 80.6 cm³/mol. The van der Waals surface area contributed by atoms with Gasteiger partial charge in [-0.25, -0.2) is 10.9 Å². The largest absolute Gasteiger partial charge is 0.504 e. The van der Waals surface area contributed by atoms with Crippen molar-refractivity contribution < 1.29 is 19.8 Å². The molecule has 0 aliphatic heterocycles. The fraction of sp³-hybridized carbons (Fsp3) is 0.